The average molecular weight is 329 g/mol. The molecule has 2 atom stereocenters. The first-order valence-electron chi connectivity index (χ1n) is 7.72. The summed E-state index contributed by atoms with van der Waals surface area (Å²) in [5.74, 6) is 1.38. The Bertz CT molecular complexity index is 452. The molecule has 0 aliphatic heterocycles. The molecule has 126 valence electrons. The van der Waals surface area contributed by atoms with Crippen LogP contribution in [0.15, 0.2) is 24.3 Å². The molecule has 0 saturated carbocycles. The lowest BCUT2D eigenvalue weighted by Crippen LogP contribution is -2.45. The number of carbonyl (C=O) groups is 1. The van der Waals surface area contributed by atoms with Gasteiger partial charge >= 0.3 is 0 Å². The van der Waals surface area contributed by atoms with Crippen LogP contribution < -0.4 is 15.8 Å². The zero-order valence-electron chi connectivity index (χ0n) is 14.0. The van der Waals surface area contributed by atoms with Gasteiger partial charge in [0, 0.05) is 0 Å². The smallest absolute Gasteiger partial charge is 0.237 e. The lowest BCUT2D eigenvalue weighted by molar-refractivity contribution is -0.123. The van der Waals surface area contributed by atoms with Crippen LogP contribution in [0.5, 0.6) is 5.75 Å². The first-order chi connectivity index (χ1) is 9.97. The Morgan fingerprint density at radius 2 is 1.91 bits per heavy atom. The fourth-order valence-electron chi connectivity index (χ4n) is 2.05. The van der Waals surface area contributed by atoms with Crippen LogP contribution in [0.1, 0.15) is 45.6 Å². The van der Waals surface area contributed by atoms with Gasteiger partial charge in [-0.2, -0.15) is 0 Å². The van der Waals surface area contributed by atoms with Crippen LogP contribution in [-0.4, -0.2) is 25.1 Å². The molecule has 0 aliphatic carbocycles. The summed E-state index contributed by atoms with van der Waals surface area (Å²) in [7, 11) is 0. The fraction of sp³-hybridized carbons (Fsp3) is 0.588. The lowest BCUT2D eigenvalue weighted by atomic mass is 9.99. The van der Waals surface area contributed by atoms with Crippen LogP contribution in [0.3, 0.4) is 0 Å². The van der Waals surface area contributed by atoms with E-state index in [9.17, 15) is 4.79 Å². The highest BCUT2D eigenvalue weighted by Gasteiger charge is 2.18. The van der Waals surface area contributed by atoms with Crippen molar-refractivity contribution in [2.24, 2.45) is 11.7 Å². The minimum absolute atomic E-state index is 0. The normalized spacial score (nSPS) is 13.2. The Morgan fingerprint density at radius 1 is 1.27 bits per heavy atom. The van der Waals surface area contributed by atoms with Crippen molar-refractivity contribution >= 4 is 18.3 Å². The Labute approximate surface area is 140 Å². The molecule has 1 aromatic carbocycles. The van der Waals surface area contributed by atoms with E-state index in [0.29, 0.717) is 19.1 Å². The summed E-state index contributed by atoms with van der Waals surface area (Å²) in [4.78, 5) is 11.8. The Morgan fingerprint density at radius 3 is 2.50 bits per heavy atom. The molecule has 1 amide bonds. The van der Waals surface area contributed by atoms with Crippen molar-refractivity contribution in [3.8, 4) is 5.75 Å². The number of carbonyl (C=O) groups excluding carboxylic acids is 1. The molecular weight excluding hydrogens is 300 g/mol. The van der Waals surface area contributed by atoms with Gasteiger partial charge in [-0.3, -0.25) is 4.79 Å². The van der Waals surface area contributed by atoms with Gasteiger partial charge in [-0.1, -0.05) is 52.3 Å². The minimum atomic E-state index is -0.446. The third-order valence-corrected chi connectivity index (χ3v) is 3.76. The third-order valence-electron chi connectivity index (χ3n) is 3.76. The fourth-order valence-corrected chi connectivity index (χ4v) is 2.05. The molecule has 0 heterocycles. The van der Waals surface area contributed by atoms with Crippen molar-refractivity contribution in [2.75, 3.05) is 13.2 Å². The second kappa shape index (κ2) is 10.5. The van der Waals surface area contributed by atoms with Crippen LogP contribution in [0.2, 0.25) is 0 Å². The number of ether oxygens (including phenoxy) is 1. The van der Waals surface area contributed by atoms with Crippen LogP contribution in [-0.2, 0) is 4.79 Å². The first-order valence-corrected chi connectivity index (χ1v) is 7.72. The van der Waals surface area contributed by atoms with Gasteiger partial charge in [-0.25, -0.2) is 0 Å². The molecule has 5 heteroatoms. The average Bonchev–Trinajstić information content (AvgIpc) is 2.49. The molecule has 4 nitrogen and oxygen atoms in total. The molecular formula is C17H29ClN2O2. The Balaban J connectivity index is 0.00000441. The highest BCUT2D eigenvalue weighted by atomic mass is 35.5. The number of nitrogens with two attached hydrogens (primary N) is 1. The van der Waals surface area contributed by atoms with Crippen LogP contribution in [0, 0.1) is 5.92 Å². The van der Waals surface area contributed by atoms with Crippen molar-refractivity contribution in [3.05, 3.63) is 29.8 Å². The van der Waals surface area contributed by atoms with Crippen molar-refractivity contribution < 1.29 is 9.53 Å². The summed E-state index contributed by atoms with van der Waals surface area (Å²) in [6.45, 7) is 9.20. The van der Waals surface area contributed by atoms with E-state index in [2.05, 4.69) is 25.2 Å². The molecule has 0 bridgehead atoms. The van der Waals surface area contributed by atoms with E-state index in [0.717, 1.165) is 12.2 Å². The second-order valence-electron chi connectivity index (χ2n) is 5.74. The van der Waals surface area contributed by atoms with Crippen molar-refractivity contribution in [3.63, 3.8) is 0 Å². The Kier molecular flexibility index (Phi) is 9.86. The van der Waals surface area contributed by atoms with E-state index in [1.165, 1.54) is 5.56 Å². The minimum Gasteiger partial charge on any atom is -0.491 e. The van der Waals surface area contributed by atoms with Crippen LogP contribution in [0.25, 0.3) is 0 Å². The largest absolute Gasteiger partial charge is 0.491 e. The molecule has 0 spiro atoms. The van der Waals surface area contributed by atoms with E-state index < -0.39 is 6.04 Å². The zero-order valence-corrected chi connectivity index (χ0v) is 14.8. The van der Waals surface area contributed by atoms with Gasteiger partial charge in [0.1, 0.15) is 12.4 Å². The van der Waals surface area contributed by atoms with Gasteiger partial charge in [-0.05, 0) is 23.5 Å². The van der Waals surface area contributed by atoms with Crippen molar-refractivity contribution in [2.45, 2.75) is 46.1 Å². The first kappa shape index (κ1) is 20.7. The van der Waals surface area contributed by atoms with Crippen molar-refractivity contribution in [1.82, 2.24) is 5.32 Å². The third kappa shape index (κ3) is 6.24. The van der Waals surface area contributed by atoms with Crippen LogP contribution >= 0.6 is 12.4 Å². The van der Waals surface area contributed by atoms with E-state index in [-0.39, 0.29) is 24.2 Å². The van der Waals surface area contributed by atoms with Gasteiger partial charge in [0.15, 0.2) is 0 Å². The molecule has 0 aliphatic rings. The summed E-state index contributed by atoms with van der Waals surface area (Å²) >= 11 is 0. The van der Waals surface area contributed by atoms with E-state index >= 15 is 0 Å². The number of nitrogens with one attached hydrogen (secondary N) is 1. The van der Waals surface area contributed by atoms with E-state index in [1.807, 2.05) is 32.0 Å². The highest BCUT2D eigenvalue weighted by molar-refractivity contribution is 5.85. The van der Waals surface area contributed by atoms with Crippen LogP contribution in [0.4, 0.5) is 0 Å². The molecule has 0 saturated heterocycles. The molecule has 2 unspecified atom stereocenters. The Hall–Kier alpha value is -1.26. The summed E-state index contributed by atoms with van der Waals surface area (Å²) < 4.78 is 5.76. The van der Waals surface area contributed by atoms with Crippen molar-refractivity contribution in [1.29, 1.82) is 0 Å². The summed E-state index contributed by atoms with van der Waals surface area (Å²) in [6, 6.07) is 7.55. The maximum atomic E-state index is 11.8. The number of halogens is 1. The quantitative estimate of drug-likeness (QED) is 0.721. The summed E-state index contributed by atoms with van der Waals surface area (Å²) in [5.41, 5.74) is 7.06. The number of para-hydroxylation sites is 1. The number of hydrogen-bond acceptors (Lipinski definition) is 3. The van der Waals surface area contributed by atoms with Gasteiger partial charge in [0.05, 0.1) is 12.6 Å². The molecule has 22 heavy (non-hydrogen) atoms. The standard InChI is InChI=1S/C17H28N2O2.ClH/c1-5-13(4)16(18)17(20)19-10-11-21-15-9-7-6-8-14(15)12(2)3;/h6-9,12-13,16H,5,10-11,18H2,1-4H3,(H,19,20);1H. The SMILES string of the molecule is CCC(C)C(N)C(=O)NCCOc1ccccc1C(C)C.Cl. The number of benzene rings is 1. The molecule has 0 radical (unpaired) electrons. The summed E-state index contributed by atoms with van der Waals surface area (Å²) in [6.07, 6.45) is 0.896. The maximum Gasteiger partial charge on any atom is 0.237 e. The molecule has 0 aromatic heterocycles. The van der Waals surface area contributed by atoms with Gasteiger partial charge in [0.2, 0.25) is 5.91 Å². The van der Waals surface area contributed by atoms with Gasteiger partial charge < -0.3 is 15.8 Å². The van der Waals surface area contributed by atoms with E-state index in [4.69, 9.17) is 10.5 Å². The summed E-state index contributed by atoms with van der Waals surface area (Å²) in [5, 5.41) is 2.83. The van der Waals surface area contributed by atoms with Gasteiger partial charge in [-0.15, -0.1) is 12.4 Å². The topological polar surface area (TPSA) is 64.4 Å². The monoisotopic (exact) mass is 328 g/mol. The lowest BCUT2D eigenvalue weighted by Gasteiger charge is -2.18. The highest BCUT2D eigenvalue weighted by Crippen LogP contribution is 2.25. The predicted molar refractivity (Wildman–Crippen MR) is 93.7 cm³/mol. The molecule has 1 rings (SSSR count). The van der Waals surface area contributed by atoms with E-state index in [1.54, 1.807) is 0 Å². The maximum absolute atomic E-state index is 11.8. The molecule has 3 N–H and O–H groups in total. The number of rotatable bonds is 8. The molecule has 0 fully saturated rings. The number of hydrogen-bond donors (Lipinski definition) is 2. The van der Waals surface area contributed by atoms with Gasteiger partial charge in [0.25, 0.3) is 0 Å². The second-order valence-corrected chi connectivity index (χ2v) is 5.74. The number of amides is 1. The molecule has 1 aromatic rings. The predicted octanol–water partition coefficient (Wildman–Crippen LogP) is 3.10. The zero-order chi connectivity index (χ0) is 15.8.